The molecular weight excluding hydrogens is 374 g/mol. The van der Waals surface area contributed by atoms with Crippen molar-refractivity contribution in [2.24, 2.45) is 0 Å². The summed E-state index contributed by atoms with van der Waals surface area (Å²) in [6, 6.07) is 0. The molecule has 0 aromatic heterocycles. The van der Waals surface area contributed by atoms with Crippen molar-refractivity contribution < 1.29 is 5.37 Å². The standard InChI is InChI=1S/Li.2O.Pb.Te. The predicted octanol–water partition coefficient (Wildman–Crippen LogP) is -1.38. The summed E-state index contributed by atoms with van der Waals surface area (Å²) in [5.41, 5.74) is 0. The summed E-state index contributed by atoms with van der Waals surface area (Å²) in [7, 11) is 0. The van der Waals surface area contributed by atoms with E-state index in [2.05, 4.69) is 0 Å². The molecule has 0 saturated carbocycles. The van der Waals surface area contributed by atoms with Crippen LogP contribution in [0.3, 0.4) is 0 Å². The second-order valence-corrected chi connectivity index (χ2v) is 0.731. The zero-order valence-corrected chi connectivity index (χ0v) is 8.94. The van der Waals surface area contributed by atoms with Crippen LogP contribution in [0.25, 0.3) is 0 Å². The Balaban J connectivity index is -0.0000000200. The Morgan fingerprint density at radius 1 is 1.20 bits per heavy atom. The molecule has 0 heterocycles. The van der Waals surface area contributed by atoms with E-state index < -0.39 is 24.3 Å². The van der Waals surface area contributed by atoms with Crippen molar-refractivity contribution in [1.29, 1.82) is 0 Å². The van der Waals surface area contributed by atoms with Gasteiger partial charge in [-0.25, -0.2) is 0 Å². The van der Waals surface area contributed by atoms with Gasteiger partial charge in [-0.3, -0.25) is 0 Å². The molecule has 0 bridgehead atoms. The fraction of sp³-hybridized carbons (Fsp3) is 0. The van der Waals surface area contributed by atoms with Gasteiger partial charge in [-0.1, -0.05) is 0 Å². The van der Waals surface area contributed by atoms with Gasteiger partial charge >= 0.3 is 29.6 Å². The van der Waals surface area contributed by atoms with Gasteiger partial charge in [0.2, 0.25) is 0 Å². The van der Waals surface area contributed by atoms with Crippen molar-refractivity contribution in [1.82, 2.24) is 0 Å². The van der Waals surface area contributed by atoms with Crippen LogP contribution >= 0.6 is 0 Å². The molecule has 0 aliphatic heterocycles. The summed E-state index contributed by atoms with van der Waals surface area (Å²) in [6.45, 7) is 0. The van der Waals surface area contributed by atoms with Crippen molar-refractivity contribution in [3.05, 3.63) is 0 Å². The third-order valence-electron chi connectivity index (χ3n) is 0. The SMILES string of the molecule is [Li].[O]=[Pb]=[O].[Te]. The van der Waals surface area contributed by atoms with Crippen molar-refractivity contribution in [3.8, 4) is 0 Å². The van der Waals surface area contributed by atoms with Crippen LogP contribution in [0.4, 0.5) is 0 Å². The van der Waals surface area contributed by atoms with Crippen LogP contribution in [-0.2, 0) is 5.37 Å². The van der Waals surface area contributed by atoms with E-state index in [1.807, 2.05) is 0 Å². The largest absolute Gasteiger partial charge is 0 e. The fourth-order valence-electron chi connectivity index (χ4n) is 0. The number of hydrogen-bond donors (Lipinski definition) is 0. The van der Waals surface area contributed by atoms with Gasteiger partial charge in [-0.15, -0.1) is 0 Å². The van der Waals surface area contributed by atoms with Crippen molar-refractivity contribution in [3.63, 3.8) is 0 Å². The maximum absolute atomic E-state index is 8.57. The summed E-state index contributed by atoms with van der Waals surface area (Å²) >= 11 is -2.42. The smallest absolute Gasteiger partial charge is 0 e. The normalized spacial score (nSPS) is 1.60. The first-order chi connectivity index (χ1) is 1.41. The van der Waals surface area contributed by atoms with E-state index in [9.17, 15) is 0 Å². The van der Waals surface area contributed by atoms with Gasteiger partial charge in [-0.05, 0) is 0 Å². The van der Waals surface area contributed by atoms with Crippen LogP contribution < -0.4 is 0 Å². The zero-order chi connectivity index (χ0) is 2.71. The van der Waals surface area contributed by atoms with Gasteiger partial charge < -0.3 is 0 Å². The Morgan fingerprint density at radius 3 is 1.20 bits per heavy atom. The molecule has 0 saturated heterocycles. The van der Waals surface area contributed by atoms with E-state index in [0.717, 1.165) is 0 Å². The average molecular weight is 374 g/mol. The number of rotatable bonds is 0. The van der Waals surface area contributed by atoms with Crippen molar-refractivity contribution >= 4 is 66.8 Å². The van der Waals surface area contributed by atoms with E-state index in [0.29, 0.717) is 0 Å². The van der Waals surface area contributed by atoms with E-state index in [-0.39, 0.29) is 42.5 Å². The van der Waals surface area contributed by atoms with Crippen LogP contribution in [0.1, 0.15) is 0 Å². The molecule has 0 amide bonds. The Hall–Kier alpha value is 1.91. The maximum atomic E-state index is 8.57. The van der Waals surface area contributed by atoms with Crippen LogP contribution in [0.5, 0.6) is 0 Å². The molecular formula is LiO2PbTe. The first-order valence-electron chi connectivity index (χ1n) is 0.408. The fourth-order valence-corrected chi connectivity index (χ4v) is 0. The third kappa shape index (κ3) is 24.8. The van der Waals surface area contributed by atoms with Crippen molar-refractivity contribution in [2.75, 3.05) is 0 Å². The number of hydrogen-bond acceptors (Lipinski definition) is 2. The Kier molecular flexibility index (Phi) is 53.1. The van der Waals surface area contributed by atoms with Crippen LogP contribution in [0, 0.1) is 0 Å². The molecule has 0 aliphatic rings. The molecule has 5 heavy (non-hydrogen) atoms. The minimum Gasteiger partial charge on any atom is 0 e. The maximum Gasteiger partial charge on any atom is 0 e. The molecule has 0 spiro atoms. The average Bonchev–Trinajstić information content (AvgIpc) is 0.918. The second kappa shape index (κ2) is 16.8. The summed E-state index contributed by atoms with van der Waals surface area (Å²) in [6.07, 6.45) is 0. The first-order valence-corrected chi connectivity index (χ1v) is 3.58. The molecule has 0 rings (SSSR count). The Labute approximate surface area is 71.1 Å². The molecule has 0 unspecified atom stereocenters. The Bertz CT molecular complexity index is 30.6. The minimum absolute atomic E-state index is 0. The van der Waals surface area contributed by atoms with Crippen LogP contribution in [0.2, 0.25) is 0 Å². The van der Waals surface area contributed by atoms with Gasteiger partial charge in [0.25, 0.3) is 0 Å². The van der Waals surface area contributed by atoms with Gasteiger partial charge in [0.1, 0.15) is 0 Å². The molecule has 3 radical (unpaired) electrons. The molecule has 0 aromatic rings. The molecule has 0 N–H and O–H groups in total. The van der Waals surface area contributed by atoms with Crippen LogP contribution in [-0.4, -0.2) is 66.8 Å². The summed E-state index contributed by atoms with van der Waals surface area (Å²) < 4.78 is 17.1. The molecule has 0 fully saturated rings. The zero-order valence-electron chi connectivity index (χ0n) is 2.72. The quantitative estimate of drug-likeness (QED) is 0.491. The van der Waals surface area contributed by atoms with E-state index in [1.165, 1.54) is 0 Å². The molecule has 5 heteroatoms. The Morgan fingerprint density at radius 2 is 1.20 bits per heavy atom. The molecule has 23 valence electrons. The molecule has 0 aromatic carbocycles. The van der Waals surface area contributed by atoms with Crippen LogP contribution in [0.15, 0.2) is 0 Å². The van der Waals surface area contributed by atoms with E-state index in [4.69, 9.17) is 5.37 Å². The minimum atomic E-state index is -2.42. The summed E-state index contributed by atoms with van der Waals surface area (Å²) in [4.78, 5) is 0. The summed E-state index contributed by atoms with van der Waals surface area (Å²) in [5.74, 6) is 0. The molecule has 0 atom stereocenters. The van der Waals surface area contributed by atoms with Gasteiger partial charge in [0, 0.05) is 42.5 Å². The van der Waals surface area contributed by atoms with E-state index >= 15 is 0 Å². The topological polar surface area (TPSA) is 34.1 Å². The second-order valence-electron chi connectivity index (χ2n) is 0.0833. The molecule has 2 nitrogen and oxygen atoms in total. The summed E-state index contributed by atoms with van der Waals surface area (Å²) in [5, 5.41) is 0. The van der Waals surface area contributed by atoms with E-state index in [1.54, 1.807) is 0 Å². The monoisotopic (exact) mass is 377 g/mol. The predicted molar refractivity (Wildman–Crippen MR) is 18.6 cm³/mol. The third-order valence-corrected chi connectivity index (χ3v) is 0. The molecule has 0 aliphatic carbocycles. The van der Waals surface area contributed by atoms with Gasteiger partial charge in [0.15, 0.2) is 0 Å². The van der Waals surface area contributed by atoms with Gasteiger partial charge in [0.05, 0.1) is 0 Å². The van der Waals surface area contributed by atoms with Gasteiger partial charge in [-0.2, -0.15) is 0 Å². The first kappa shape index (κ1) is 15.8. The van der Waals surface area contributed by atoms with Crippen molar-refractivity contribution in [2.45, 2.75) is 0 Å².